The molecule has 0 aromatic carbocycles. The lowest BCUT2D eigenvalue weighted by molar-refractivity contribution is -0.173. The van der Waals surface area contributed by atoms with Gasteiger partial charge < -0.3 is 25.4 Å². The molecule has 2 aliphatic heterocycles. The zero-order valence-corrected chi connectivity index (χ0v) is 22.1. The standard InChI is InChI=1S/C20H25N5O7S2.ClH/c1-9-6-33-16-12(23-14(26)11(24-30-5)10-7-34-19(21)22-10)15(27)25(16)13(9)17(28)31-8-32-18(29)20(2,3)4;/h7,12,16H,6,8H2,1-5H3,(H2,21,22)(H,23,26);1H/b24-11-;/t12-,16+;/m1./s1. The number of aromatic nitrogens is 1. The van der Waals surface area contributed by atoms with E-state index in [0.717, 1.165) is 11.3 Å². The predicted octanol–water partition coefficient (Wildman–Crippen LogP) is 1.26. The maximum absolute atomic E-state index is 12.9. The SMILES string of the molecule is CO/N=C(\C(=O)N[C@@H]1C(=O)N2C(C(=O)OCOC(=O)C(C)(C)C)=C(C)CS[C@@H]12)c1csc(N)n1.Cl. The second-order valence-electron chi connectivity index (χ2n) is 8.41. The van der Waals surface area contributed by atoms with Crippen LogP contribution in [0.1, 0.15) is 33.4 Å². The number of ether oxygens (including phenoxy) is 2. The van der Waals surface area contributed by atoms with E-state index in [9.17, 15) is 19.2 Å². The molecule has 0 unspecified atom stereocenters. The maximum atomic E-state index is 12.9. The van der Waals surface area contributed by atoms with E-state index in [1.807, 2.05) is 0 Å². The number of nitrogen functional groups attached to an aromatic ring is 1. The van der Waals surface area contributed by atoms with Crippen molar-refractivity contribution in [2.45, 2.75) is 39.1 Å². The van der Waals surface area contributed by atoms with Gasteiger partial charge in [-0.15, -0.1) is 35.5 Å². The van der Waals surface area contributed by atoms with Crippen LogP contribution in [0.25, 0.3) is 0 Å². The van der Waals surface area contributed by atoms with Crippen molar-refractivity contribution in [1.82, 2.24) is 15.2 Å². The Bertz CT molecular complexity index is 1080. The molecule has 1 aromatic rings. The molecule has 1 aromatic heterocycles. The Morgan fingerprint density at radius 3 is 2.57 bits per heavy atom. The van der Waals surface area contributed by atoms with Gasteiger partial charge in [-0.2, -0.15) is 0 Å². The molecule has 15 heteroatoms. The molecule has 0 bridgehead atoms. The number of anilines is 1. The summed E-state index contributed by atoms with van der Waals surface area (Å²) in [4.78, 5) is 60.3. The van der Waals surface area contributed by atoms with Gasteiger partial charge in [0.05, 0.1) is 5.41 Å². The van der Waals surface area contributed by atoms with Crippen LogP contribution in [0.2, 0.25) is 0 Å². The average Bonchev–Trinajstić information content (AvgIpc) is 3.20. The van der Waals surface area contributed by atoms with E-state index >= 15 is 0 Å². The molecule has 192 valence electrons. The van der Waals surface area contributed by atoms with Crippen LogP contribution < -0.4 is 11.1 Å². The fraction of sp³-hybridized carbons (Fsp3) is 0.500. The third-order valence-corrected chi connectivity index (χ3v) is 6.89. The van der Waals surface area contributed by atoms with Crippen molar-refractivity contribution >= 4 is 70.1 Å². The molecule has 0 saturated carbocycles. The summed E-state index contributed by atoms with van der Waals surface area (Å²) in [6, 6.07) is -0.898. The number of fused-ring (bicyclic) bond motifs is 1. The molecule has 2 atom stereocenters. The number of rotatable bonds is 7. The molecule has 2 amide bonds. The van der Waals surface area contributed by atoms with Gasteiger partial charge in [0.1, 0.15) is 29.9 Å². The molecule has 3 rings (SSSR count). The van der Waals surface area contributed by atoms with Gasteiger partial charge >= 0.3 is 11.9 Å². The summed E-state index contributed by atoms with van der Waals surface area (Å²) in [5.74, 6) is -2.04. The van der Waals surface area contributed by atoms with Crippen LogP contribution in [-0.2, 0) is 33.5 Å². The zero-order valence-electron chi connectivity index (χ0n) is 19.6. The van der Waals surface area contributed by atoms with Gasteiger partial charge in [-0.3, -0.25) is 19.3 Å². The van der Waals surface area contributed by atoms with Crippen LogP contribution in [0.3, 0.4) is 0 Å². The minimum Gasteiger partial charge on any atom is -0.427 e. The summed E-state index contributed by atoms with van der Waals surface area (Å²) < 4.78 is 10.0. The fourth-order valence-electron chi connectivity index (χ4n) is 3.09. The van der Waals surface area contributed by atoms with E-state index in [-0.39, 0.29) is 34.6 Å². The maximum Gasteiger partial charge on any atom is 0.357 e. The normalized spacial score (nSPS) is 19.7. The van der Waals surface area contributed by atoms with E-state index in [4.69, 9.17) is 20.0 Å². The molecule has 3 heterocycles. The van der Waals surface area contributed by atoms with Crippen molar-refractivity contribution in [3.63, 3.8) is 0 Å². The number of nitrogens with two attached hydrogens (primary N) is 1. The largest absolute Gasteiger partial charge is 0.427 e. The lowest BCUT2D eigenvalue weighted by Crippen LogP contribution is -2.71. The van der Waals surface area contributed by atoms with Gasteiger partial charge in [0.2, 0.25) is 6.79 Å². The number of nitrogens with zero attached hydrogens (tertiary/aromatic N) is 3. The minimum atomic E-state index is -0.898. The number of nitrogens with one attached hydrogen (secondary N) is 1. The van der Waals surface area contributed by atoms with Crippen LogP contribution in [0, 0.1) is 5.41 Å². The number of thiazole rings is 1. The van der Waals surface area contributed by atoms with Crippen LogP contribution in [0.5, 0.6) is 0 Å². The van der Waals surface area contributed by atoms with Gasteiger partial charge in [0.15, 0.2) is 10.8 Å². The molecule has 3 N–H and O–H groups in total. The summed E-state index contributed by atoms with van der Waals surface area (Å²) in [5.41, 5.74) is 5.67. The Morgan fingerprint density at radius 2 is 2.00 bits per heavy atom. The van der Waals surface area contributed by atoms with Crippen LogP contribution in [-0.4, -0.2) is 70.4 Å². The molecule has 1 saturated heterocycles. The number of β-lactam (4-membered cyclic amide) rings is 1. The number of oxime groups is 1. The quantitative estimate of drug-likeness (QED) is 0.167. The second kappa shape index (κ2) is 11.3. The first-order valence-corrected chi connectivity index (χ1v) is 12.0. The van der Waals surface area contributed by atoms with Gasteiger partial charge in [0.25, 0.3) is 11.8 Å². The first kappa shape index (κ1) is 28.4. The summed E-state index contributed by atoms with van der Waals surface area (Å²) in [6.07, 6.45) is 0. The van der Waals surface area contributed by atoms with Crippen molar-refractivity contribution in [1.29, 1.82) is 0 Å². The van der Waals surface area contributed by atoms with E-state index < -0.39 is 47.4 Å². The Labute approximate surface area is 216 Å². The monoisotopic (exact) mass is 547 g/mol. The van der Waals surface area contributed by atoms with Crippen molar-refractivity contribution < 1.29 is 33.5 Å². The van der Waals surface area contributed by atoms with Crippen LogP contribution >= 0.6 is 35.5 Å². The van der Waals surface area contributed by atoms with Crippen LogP contribution in [0.15, 0.2) is 21.8 Å². The Balaban J connectivity index is 0.00000432. The number of esters is 2. The third-order valence-electron chi connectivity index (χ3n) is 4.79. The minimum absolute atomic E-state index is 0. The van der Waals surface area contributed by atoms with Gasteiger partial charge in [-0.1, -0.05) is 5.16 Å². The van der Waals surface area contributed by atoms with Gasteiger partial charge in [-0.25, -0.2) is 9.78 Å². The molecule has 0 radical (unpaired) electrons. The van der Waals surface area contributed by atoms with Crippen molar-refractivity contribution in [2.24, 2.45) is 10.6 Å². The topological polar surface area (TPSA) is 163 Å². The highest BCUT2D eigenvalue weighted by atomic mass is 35.5. The predicted molar refractivity (Wildman–Crippen MR) is 132 cm³/mol. The van der Waals surface area contributed by atoms with E-state index in [2.05, 4.69) is 15.5 Å². The highest BCUT2D eigenvalue weighted by Crippen LogP contribution is 2.40. The van der Waals surface area contributed by atoms with Crippen molar-refractivity contribution in [2.75, 3.05) is 25.4 Å². The van der Waals surface area contributed by atoms with Crippen molar-refractivity contribution in [3.8, 4) is 0 Å². The molecular formula is C20H26ClN5O7S2. The number of hydrogen-bond acceptors (Lipinski definition) is 12. The summed E-state index contributed by atoms with van der Waals surface area (Å²) in [5, 5.41) is 7.60. The fourth-order valence-corrected chi connectivity index (χ4v) is 4.93. The Hall–Kier alpha value is -2.84. The molecule has 0 spiro atoms. The number of hydrogen-bond donors (Lipinski definition) is 2. The molecule has 12 nitrogen and oxygen atoms in total. The number of carbonyl (C=O) groups is 4. The first-order valence-electron chi connectivity index (χ1n) is 10.1. The highest BCUT2D eigenvalue weighted by molar-refractivity contribution is 8.00. The lowest BCUT2D eigenvalue weighted by atomic mass is 9.98. The number of amides is 2. The summed E-state index contributed by atoms with van der Waals surface area (Å²) in [7, 11) is 1.28. The zero-order chi connectivity index (χ0) is 25.2. The van der Waals surface area contributed by atoms with Gasteiger partial charge in [0, 0.05) is 11.1 Å². The lowest BCUT2D eigenvalue weighted by Gasteiger charge is -2.49. The van der Waals surface area contributed by atoms with Crippen molar-refractivity contribution in [3.05, 3.63) is 22.3 Å². The Kier molecular flexibility index (Phi) is 9.14. The summed E-state index contributed by atoms with van der Waals surface area (Å²) >= 11 is 2.52. The van der Waals surface area contributed by atoms with E-state index in [1.54, 1.807) is 33.1 Å². The summed E-state index contributed by atoms with van der Waals surface area (Å²) in [6.45, 7) is 6.15. The average molecular weight is 548 g/mol. The number of thioether (sulfide) groups is 1. The van der Waals surface area contributed by atoms with Gasteiger partial charge in [-0.05, 0) is 33.3 Å². The molecule has 1 fully saturated rings. The second-order valence-corrected chi connectivity index (χ2v) is 10.4. The molecule has 35 heavy (non-hydrogen) atoms. The van der Waals surface area contributed by atoms with E-state index in [0.29, 0.717) is 11.3 Å². The number of carbonyl (C=O) groups excluding carboxylic acids is 4. The Morgan fingerprint density at radius 1 is 1.31 bits per heavy atom. The molecular weight excluding hydrogens is 522 g/mol. The molecule has 2 aliphatic rings. The number of halogens is 1. The van der Waals surface area contributed by atoms with Crippen LogP contribution in [0.4, 0.5) is 5.13 Å². The smallest absolute Gasteiger partial charge is 0.357 e. The van der Waals surface area contributed by atoms with E-state index in [1.165, 1.54) is 23.8 Å². The highest BCUT2D eigenvalue weighted by Gasteiger charge is 2.54. The first-order chi connectivity index (χ1) is 16.0. The third kappa shape index (κ3) is 6.05. The molecule has 0 aliphatic carbocycles.